The molecular weight excluding hydrogens is 272 g/mol. The van der Waals surface area contributed by atoms with E-state index in [0.717, 1.165) is 24.2 Å². The zero-order valence-electron chi connectivity index (χ0n) is 15.1. The van der Waals surface area contributed by atoms with Gasteiger partial charge in [0.1, 0.15) is 0 Å². The van der Waals surface area contributed by atoms with E-state index in [1.165, 1.54) is 5.56 Å². The van der Waals surface area contributed by atoms with Gasteiger partial charge >= 0.3 is 0 Å². The molecule has 2 rings (SSSR count). The van der Waals surface area contributed by atoms with Crippen molar-refractivity contribution in [1.29, 1.82) is 0 Å². The summed E-state index contributed by atoms with van der Waals surface area (Å²) < 4.78 is 0. The average molecular weight is 302 g/mol. The molecule has 0 unspecified atom stereocenters. The van der Waals surface area contributed by atoms with E-state index < -0.39 is 0 Å². The summed E-state index contributed by atoms with van der Waals surface area (Å²) in [5.74, 6) is 0.589. The van der Waals surface area contributed by atoms with E-state index in [2.05, 4.69) is 65.1 Å². The Morgan fingerprint density at radius 2 is 1.68 bits per heavy atom. The van der Waals surface area contributed by atoms with Crippen LogP contribution in [0.2, 0.25) is 0 Å². The molecule has 3 heteroatoms. The first-order valence-electron chi connectivity index (χ1n) is 8.20. The van der Waals surface area contributed by atoms with E-state index >= 15 is 0 Å². The first kappa shape index (κ1) is 17.0. The molecule has 0 spiro atoms. The molecule has 0 atom stereocenters. The molecule has 1 N–H and O–H groups in total. The van der Waals surface area contributed by atoms with Gasteiger partial charge in [-0.25, -0.2) is 0 Å². The largest absolute Gasteiger partial charge is 0.335 e. The fourth-order valence-electron chi connectivity index (χ4n) is 3.55. The van der Waals surface area contributed by atoms with Crippen LogP contribution in [-0.4, -0.2) is 35.0 Å². The van der Waals surface area contributed by atoms with Gasteiger partial charge in [-0.15, -0.1) is 0 Å². The number of aryl methyl sites for hydroxylation is 1. The summed E-state index contributed by atoms with van der Waals surface area (Å²) in [6.45, 7) is 16.5. The molecule has 1 amide bonds. The highest BCUT2D eigenvalue weighted by Gasteiger charge is 2.38. The molecule has 0 aromatic heterocycles. The molecular formula is C19H30N2O. The smallest absolute Gasteiger partial charge is 0.254 e. The highest BCUT2D eigenvalue weighted by molar-refractivity contribution is 5.96. The van der Waals surface area contributed by atoms with Crippen molar-refractivity contribution in [2.45, 2.75) is 65.5 Å². The van der Waals surface area contributed by atoms with Crippen molar-refractivity contribution in [3.05, 3.63) is 34.9 Å². The van der Waals surface area contributed by atoms with Gasteiger partial charge in [0, 0.05) is 29.7 Å². The Morgan fingerprint density at radius 3 is 2.18 bits per heavy atom. The third-order valence-electron chi connectivity index (χ3n) is 4.29. The number of benzene rings is 1. The van der Waals surface area contributed by atoms with E-state index in [4.69, 9.17) is 0 Å². The first-order chi connectivity index (χ1) is 10.0. The average Bonchev–Trinajstić information content (AvgIpc) is 2.34. The maximum Gasteiger partial charge on any atom is 0.254 e. The van der Waals surface area contributed by atoms with Crippen molar-refractivity contribution in [3.63, 3.8) is 0 Å². The number of piperazine rings is 1. The molecule has 1 aliphatic rings. The SMILES string of the molecule is Cc1ccc(C(C)C)cc1C(=O)N1CC(C)(C)NC(C)(C)C1. The molecule has 122 valence electrons. The van der Waals surface area contributed by atoms with Crippen molar-refractivity contribution in [2.24, 2.45) is 0 Å². The maximum absolute atomic E-state index is 13.1. The van der Waals surface area contributed by atoms with Gasteiger partial charge in [-0.05, 0) is 57.7 Å². The summed E-state index contributed by atoms with van der Waals surface area (Å²) in [5, 5.41) is 3.62. The maximum atomic E-state index is 13.1. The van der Waals surface area contributed by atoms with E-state index in [0.29, 0.717) is 5.92 Å². The van der Waals surface area contributed by atoms with Crippen LogP contribution in [0.4, 0.5) is 0 Å². The van der Waals surface area contributed by atoms with Gasteiger partial charge in [0.05, 0.1) is 0 Å². The van der Waals surface area contributed by atoms with Crippen LogP contribution in [0.25, 0.3) is 0 Å². The van der Waals surface area contributed by atoms with Crippen LogP contribution in [0.1, 0.15) is 68.9 Å². The molecule has 1 fully saturated rings. The second kappa shape index (κ2) is 5.69. The first-order valence-corrected chi connectivity index (χ1v) is 8.20. The molecule has 0 aliphatic carbocycles. The second-order valence-corrected chi connectivity index (χ2v) is 8.28. The van der Waals surface area contributed by atoms with Gasteiger partial charge in [-0.3, -0.25) is 4.79 Å². The van der Waals surface area contributed by atoms with Gasteiger partial charge in [-0.2, -0.15) is 0 Å². The predicted octanol–water partition coefficient (Wildman–Crippen LogP) is 3.72. The Morgan fingerprint density at radius 1 is 1.14 bits per heavy atom. The van der Waals surface area contributed by atoms with Crippen molar-refractivity contribution < 1.29 is 4.79 Å². The summed E-state index contributed by atoms with van der Waals surface area (Å²) in [4.78, 5) is 15.1. The number of carbonyl (C=O) groups excluding carboxylic acids is 1. The van der Waals surface area contributed by atoms with Crippen LogP contribution < -0.4 is 5.32 Å². The summed E-state index contributed by atoms with van der Waals surface area (Å²) in [5.41, 5.74) is 2.99. The van der Waals surface area contributed by atoms with E-state index in [1.54, 1.807) is 0 Å². The lowest BCUT2D eigenvalue weighted by Crippen LogP contribution is -2.67. The monoisotopic (exact) mass is 302 g/mol. The van der Waals surface area contributed by atoms with E-state index in [-0.39, 0.29) is 17.0 Å². The lowest BCUT2D eigenvalue weighted by Gasteiger charge is -2.48. The van der Waals surface area contributed by atoms with Gasteiger partial charge in [0.15, 0.2) is 0 Å². The third kappa shape index (κ3) is 3.70. The molecule has 1 aliphatic heterocycles. The minimum absolute atomic E-state index is 0.0685. The van der Waals surface area contributed by atoms with E-state index in [9.17, 15) is 4.79 Å². The Kier molecular flexibility index (Phi) is 4.40. The Balaban J connectivity index is 2.33. The minimum Gasteiger partial charge on any atom is -0.335 e. The summed E-state index contributed by atoms with van der Waals surface area (Å²) in [6, 6.07) is 6.27. The zero-order valence-corrected chi connectivity index (χ0v) is 15.1. The fourth-order valence-corrected chi connectivity index (χ4v) is 3.55. The summed E-state index contributed by atoms with van der Waals surface area (Å²) in [6.07, 6.45) is 0. The lowest BCUT2D eigenvalue weighted by atomic mass is 9.90. The highest BCUT2D eigenvalue weighted by Crippen LogP contribution is 2.25. The molecule has 0 saturated carbocycles. The molecule has 22 heavy (non-hydrogen) atoms. The second-order valence-electron chi connectivity index (χ2n) is 8.28. The minimum atomic E-state index is -0.0685. The van der Waals surface area contributed by atoms with Crippen LogP contribution in [0, 0.1) is 6.92 Å². The zero-order chi connectivity index (χ0) is 16.7. The normalized spacial score (nSPS) is 20.3. The summed E-state index contributed by atoms with van der Waals surface area (Å²) >= 11 is 0. The Labute approximate surface area is 135 Å². The molecule has 1 heterocycles. The predicted molar refractivity (Wildman–Crippen MR) is 92.5 cm³/mol. The third-order valence-corrected chi connectivity index (χ3v) is 4.29. The standard InChI is InChI=1S/C19H30N2O/c1-13(2)15-9-8-14(3)16(10-15)17(22)21-11-18(4,5)20-19(6,7)12-21/h8-10,13,20H,11-12H2,1-7H3. The van der Waals surface area contributed by atoms with Gasteiger partial charge in [0.2, 0.25) is 0 Å². The number of nitrogens with zero attached hydrogens (tertiary/aromatic N) is 1. The van der Waals surface area contributed by atoms with Crippen molar-refractivity contribution in [2.75, 3.05) is 13.1 Å². The van der Waals surface area contributed by atoms with Crippen LogP contribution in [0.3, 0.4) is 0 Å². The van der Waals surface area contributed by atoms with Gasteiger partial charge in [0.25, 0.3) is 5.91 Å². The van der Waals surface area contributed by atoms with Crippen molar-refractivity contribution in [1.82, 2.24) is 10.2 Å². The van der Waals surface area contributed by atoms with Crippen LogP contribution >= 0.6 is 0 Å². The topological polar surface area (TPSA) is 32.3 Å². The number of rotatable bonds is 2. The molecule has 0 bridgehead atoms. The van der Waals surface area contributed by atoms with Crippen molar-refractivity contribution in [3.8, 4) is 0 Å². The van der Waals surface area contributed by atoms with Crippen LogP contribution in [0.5, 0.6) is 0 Å². The lowest BCUT2D eigenvalue weighted by molar-refractivity contribution is 0.0471. The molecule has 1 saturated heterocycles. The molecule has 3 nitrogen and oxygen atoms in total. The Bertz CT molecular complexity index is 557. The molecule has 1 aromatic rings. The number of hydrogen-bond donors (Lipinski definition) is 1. The molecule has 0 radical (unpaired) electrons. The van der Waals surface area contributed by atoms with Gasteiger partial charge in [-0.1, -0.05) is 26.0 Å². The van der Waals surface area contributed by atoms with E-state index in [1.807, 2.05) is 11.8 Å². The number of amides is 1. The molecule has 1 aromatic carbocycles. The quantitative estimate of drug-likeness (QED) is 0.903. The van der Waals surface area contributed by atoms with Crippen molar-refractivity contribution >= 4 is 5.91 Å². The Hall–Kier alpha value is -1.35. The fraction of sp³-hybridized carbons (Fsp3) is 0.632. The van der Waals surface area contributed by atoms with Crippen LogP contribution in [-0.2, 0) is 0 Å². The number of nitrogens with one attached hydrogen (secondary N) is 1. The number of carbonyl (C=O) groups is 1. The highest BCUT2D eigenvalue weighted by atomic mass is 16.2. The van der Waals surface area contributed by atoms with Crippen LogP contribution in [0.15, 0.2) is 18.2 Å². The number of hydrogen-bond acceptors (Lipinski definition) is 2. The van der Waals surface area contributed by atoms with Gasteiger partial charge < -0.3 is 10.2 Å². The summed E-state index contributed by atoms with van der Waals surface area (Å²) in [7, 11) is 0.